The number of halogens is 2. The second-order valence-electron chi connectivity index (χ2n) is 9.67. The van der Waals surface area contributed by atoms with E-state index >= 15 is 0 Å². The van der Waals surface area contributed by atoms with Crippen LogP contribution < -0.4 is 0 Å². The molecule has 2 heteroatoms. The Morgan fingerprint density at radius 1 is 0.333 bits per heavy atom. The lowest BCUT2D eigenvalue weighted by Gasteiger charge is -2.04. The highest BCUT2D eigenvalue weighted by Gasteiger charge is 1.98. The van der Waals surface area contributed by atoms with Crippen molar-refractivity contribution in [3.8, 4) is 0 Å². The molecule has 0 aromatic heterocycles. The molecular formula is C28H56I2. The third-order valence-electron chi connectivity index (χ3n) is 6.53. The molecule has 0 aromatic carbocycles. The molecule has 0 bridgehead atoms. The molecule has 0 fully saturated rings. The molecule has 182 valence electrons. The Kier molecular flexibility index (Phi) is 29.9. The Morgan fingerprint density at radius 2 is 0.533 bits per heavy atom. The largest absolute Gasteiger partial charge is 0.0710 e. The Hall–Kier alpha value is 1.46. The molecule has 0 unspecified atom stereocenters. The van der Waals surface area contributed by atoms with Crippen LogP contribution in [0.5, 0.6) is 0 Å². The lowest BCUT2D eigenvalue weighted by atomic mass is 10.0. The van der Waals surface area contributed by atoms with Crippen LogP contribution in [0, 0.1) is 0 Å². The van der Waals surface area contributed by atoms with Gasteiger partial charge >= 0.3 is 0 Å². The van der Waals surface area contributed by atoms with Gasteiger partial charge in [-0.1, -0.05) is 213 Å². The second-order valence-corrected chi connectivity index (χ2v) is 15.1. The molecule has 0 atom stereocenters. The fourth-order valence-corrected chi connectivity index (χ4v) is 5.32. The van der Waals surface area contributed by atoms with Crippen molar-refractivity contribution >= 4 is 45.2 Å². The summed E-state index contributed by atoms with van der Waals surface area (Å²) in [7, 11) is 0. The second kappa shape index (κ2) is 28.5. The van der Waals surface area contributed by atoms with Crippen molar-refractivity contribution in [2.75, 3.05) is 0 Å². The predicted molar refractivity (Wildman–Crippen MR) is 158 cm³/mol. The minimum absolute atomic E-state index is 0.838. The lowest BCUT2D eigenvalue weighted by molar-refractivity contribution is 0.516. The van der Waals surface area contributed by atoms with Crippen molar-refractivity contribution in [1.29, 1.82) is 0 Å². The van der Waals surface area contributed by atoms with E-state index in [4.69, 9.17) is 0 Å². The van der Waals surface area contributed by atoms with Crippen LogP contribution in [0.25, 0.3) is 0 Å². The highest BCUT2D eigenvalue weighted by molar-refractivity contribution is 14.2. The topological polar surface area (TPSA) is 0 Å². The molecular weight excluding hydrogens is 590 g/mol. The fourth-order valence-electron chi connectivity index (χ4n) is 4.44. The predicted octanol–water partition coefficient (Wildman–Crippen LogP) is 12.3. The van der Waals surface area contributed by atoms with Crippen molar-refractivity contribution < 1.29 is 0 Å². The summed E-state index contributed by atoms with van der Waals surface area (Å²) in [6.07, 6.45) is 38.4. The maximum Gasteiger partial charge on any atom is 0.0626 e. The highest BCUT2D eigenvalue weighted by Crippen LogP contribution is 2.19. The number of unbranched alkanes of at least 4 members (excludes halogenated alkanes) is 24. The van der Waals surface area contributed by atoms with E-state index in [0.717, 1.165) is 1.93 Å². The zero-order valence-electron chi connectivity index (χ0n) is 20.7. The van der Waals surface area contributed by atoms with Gasteiger partial charge in [0.25, 0.3) is 0 Å². The molecule has 0 nitrogen and oxygen atoms in total. The van der Waals surface area contributed by atoms with Gasteiger partial charge in [0.05, 0.1) is 1.93 Å². The maximum atomic E-state index is 2.54. The number of hydrogen-bond donors (Lipinski definition) is 0. The summed E-state index contributed by atoms with van der Waals surface area (Å²) in [4.78, 5) is 0. The van der Waals surface area contributed by atoms with Gasteiger partial charge < -0.3 is 0 Å². The highest BCUT2D eigenvalue weighted by atomic mass is 127. The van der Waals surface area contributed by atoms with Gasteiger partial charge in [0, 0.05) is 0 Å². The van der Waals surface area contributed by atoms with Crippen molar-refractivity contribution in [2.24, 2.45) is 0 Å². The first-order valence-electron chi connectivity index (χ1n) is 14.1. The average molecular weight is 647 g/mol. The van der Waals surface area contributed by atoms with E-state index in [1.807, 2.05) is 0 Å². The summed E-state index contributed by atoms with van der Waals surface area (Å²) < 4.78 is 0.838. The van der Waals surface area contributed by atoms with Gasteiger partial charge in [-0.3, -0.25) is 0 Å². The summed E-state index contributed by atoms with van der Waals surface area (Å²) >= 11 is 5.08. The SMILES string of the molecule is CCCCCCCCCCCCCCCCCCCCCCCCCCCC(I)I. The van der Waals surface area contributed by atoms with Crippen LogP contribution in [0.15, 0.2) is 0 Å². The third kappa shape index (κ3) is 29.5. The monoisotopic (exact) mass is 646 g/mol. The molecule has 0 aliphatic carbocycles. The van der Waals surface area contributed by atoms with E-state index in [2.05, 4.69) is 52.1 Å². The number of rotatable bonds is 26. The molecule has 0 heterocycles. The first-order valence-corrected chi connectivity index (χ1v) is 16.5. The Morgan fingerprint density at radius 3 is 0.733 bits per heavy atom. The molecule has 0 saturated carbocycles. The van der Waals surface area contributed by atoms with Crippen LogP contribution in [0.1, 0.15) is 174 Å². The Labute approximate surface area is 219 Å². The lowest BCUT2D eigenvalue weighted by Crippen LogP contribution is -1.86. The molecule has 0 N–H and O–H groups in total. The zero-order chi connectivity index (χ0) is 22.0. The van der Waals surface area contributed by atoms with Crippen LogP contribution in [0.4, 0.5) is 0 Å². The van der Waals surface area contributed by atoms with Crippen LogP contribution in [0.3, 0.4) is 0 Å². The minimum atomic E-state index is 0.838. The van der Waals surface area contributed by atoms with Gasteiger partial charge in [0.1, 0.15) is 0 Å². The molecule has 0 spiro atoms. The summed E-state index contributed by atoms with van der Waals surface area (Å²) in [6, 6.07) is 0. The molecule has 0 aromatic rings. The van der Waals surface area contributed by atoms with Crippen molar-refractivity contribution in [3.63, 3.8) is 0 Å². The smallest absolute Gasteiger partial charge is 0.0626 e. The number of alkyl halides is 2. The standard InChI is InChI=1S/C28H56I2/c1-2-3-4-5-6-7-8-9-10-11-12-13-14-15-16-17-18-19-20-21-22-23-24-25-26-27-28(29)30/h28H,2-27H2,1H3. The molecule has 0 amide bonds. The van der Waals surface area contributed by atoms with Gasteiger partial charge in [-0.05, 0) is 6.42 Å². The summed E-state index contributed by atoms with van der Waals surface area (Å²) in [5, 5.41) is 0. The van der Waals surface area contributed by atoms with E-state index in [-0.39, 0.29) is 0 Å². The summed E-state index contributed by atoms with van der Waals surface area (Å²) in [5.41, 5.74) is 0. The summed E-state index contributed by atoms with van der Waals surface area (Å²) in [6.45, 7) is 2.30. The maximum absolute atomic E-state index is 2.54. The number of hydrogen-bond acceptors (Lipinski definition) is 0. The quantitative estimate of drug-likeness (QED) is 0.0498. The summed E-state index contributed by atoms with van der Waals surface area (Å²) in [5.74, 6) is 0. The normalized spacial score (nSPS) is 11.6. The van der Waals surface area contributed by atoms with E-state index in [0.29, 0.717) is 0 Å². The van der Waals surface area contributed by atoms with E-state index in [1.54, 1.807) is 0 Å². The van der Waals surface area contributed by atoms with Crippen LogP contribution in [-0.4, -0.2) is 1.93 Å². The van der Waals surface area contributed by atoms with Gasteiger partial charge in [0.15, 0.2) is 0 Å². The van der Waals surface area contributed by atoms with Crippen molar-refractivity contribution in [2.45, 2.75) is 176 Å². The molecule has 0 aliphatic rings. The first kappa shape index (κ1) is 31.5. The fraction of sp³-hybridized carbons (Fsp3) is 1.00. The van der Waals surface area contributed by atoms with E-state index in [9.17, 15) is 0 Å². The van der Waals surface area contributed by atoms with Crippen molar-refractivity contribution in [3.05, 3.63) is 0 Å². The minimum Gasteiger partial charge on any atom is -0.0710 e. The van der Waals surface area contributed by atoms with Crippen LogP contribution in [0.2, 0.25) is 0 Å². The Balaban J connectivity index is 2.99. The van der Waals surface area contributed by atoms with E-state index < -0.39 is 0 Å². The molecule has 0 rings (SSSR count). The Bertz CT molecular complexity index is 290. The molecule has 30 heavy (non-hydrogen) atoms. The molecule has 0 aliphatic heterocycles. The van der Waals surface area contributed by atoms with E-state index in [1.165, 1.54) is 167 Å². The molecule has 0 saturated heterocycles. The van der Waals surface area contributed by atoms with Gasteiger partial charge in [-0.15, -0.1) is 0 Å². The molecule has 0 radical (unpaired) electrons. The van der Waals surface area contributed by atoms with Crippen LogP contribution >= 0.6 is 45.2 Å². The third-order valence-corrected chi connectivity index (χ3v) is 7.77. The van der Waals surface area contributed by atoms with Crippen LogP contribution in [-0.2, 0) is 0 Å². The van der Waals surface area contributed by atoms with Crippen molar-refractivity contribution in [1.82, 2.24) is 0 Å². The van der Waals surface area contributed by atoms with Gasteiger partial charge in [0.2, 0.25) is 0 Å². The zero-order valence-corrected chi connectivity index (χ0v) is 25.0. The first-order chi connectivity index (χ1) is 14.8. The van der Waals surface area contributed by atoms with Gasteiger partial charge in [-0.25, -0.2) is 0 Å². The average Bonchev–Trinajstić information content (AvgIpc) is 2.73. The van der Waals surface area contributed by atoms with Gasteiger partial charge in [-0.2, -0.15) is 0 Å².